The van der Waals surface area contributed by atoms with Crippen LogP contribution in [-0.4, -0.2) is 90.0 Å². The van der Waals surface area contributed by atoms with Crippen LogP contribution >= 0.6 is 0 Å². The molecule has 6 rings (SSSR count). The molecule has 4 heterocycles. The molecular formula is C30H39N7O3. The fourth-order valence-corrected chi connectivity index (χ4v) is 6.98. The third-order valence-corrected chi connectivity index (χ3v) is 9.26. The minimum absolute atomic E-state index is 0.00547. The number of hydrogen-bond acceptors (Lipinski definition) is 8. The number of nitrogens with two attached hydrogens (primary N) is 1. The quantitative estimate of drug-likeness (QED) is 0.529. The number of amides is 2. The summed E-state index contributed by atoms with van der Waals surface area (Å²) in [6.07, 6.45) is 6.77. The van der Waals surface area contributed by atoms with Gasteiger partial charge in [0, 0.05) is 38.6 Å². The number of fused-ring (bicyclic) bond motifs is 3. The topological polar surface area (TPSA) is 117 Å². The predicted molar refractivity (Wildman–Crippen MR) is 154 cm³/mol. The molecule has 0 saturated carbocycles. The van der Waals surface area contributed by atoms with E-state index in [9.17, 15) is 9.59 Å². The maximum atomic E-state index is 13.9. The molecule has 3 N–H and O–H groups in total. The second-order valence-corrected chi connectivity index (χ2v) is 11.5. The van der Waals surface area contributed by atoms with E-state index in [1.165, 1.54) is 11.6 Å². The molecule has 1 aliphatic carbocycles. The molecule has 1 spiro atoms. The number of aryl methyl sites for hydroxylation is 1. The minimum atomic E-state index is -0.661. The highest BCUT2D eigenvalue weighted by Crippen LogP contribution is 2.46. The summed E-state index contributed by atoms with van der Waals surface area (Å²) in [5, 5.41) is 3.24. The minimum Gasteiger partial charge on any atom is -0.462 e. The SMILES string of the molecule is C=CC(=O)N1CCN(c2nc(OC[C@@H]3CCCN3C)nc3c2NC(=O)[C@]2(CCCc4ccccc42)C3)C[C@@H]1CN. The molecule has 0 radical (unpaired) electrons. The Kier molecular flexibility index (Phi) is 7.22. The highest BCUT2D eigenvalue weighted by molar-refractivity contribution is 6.04. The van der Waals surface area contributed by atoms with E-state index in [4.69, 9.17) is 20.4 Å². The highest BCUT2D eigenvalue weighted by Gasteiger charge is 2.48. The van der Waals surface area contributed by atoms with Gasteiger partial charge in [-0.25, -0.2) is 0 Å². The Bertz CT molecular complexity index is 1320. The number of ether oxygens (including phenoxy) is 1. The van der Waals surface area contributed by atoms with E-state index < -0.39 is 5.41 Å². The average Bonchev–Trinajstić information content (AvgIpc) is 3.40. The lowest BCUT2D eigenvalue weighted by Gasteiger charge is -2.44. The lowest BCUT2D eigenvalue weighted by Crippen LogP contribution is -2.58. The van der Waals surface area contributed by atoms with Crippen LogP contribution in [0.25, 0.3) is 0 Å². The van der Waals surface area contributed by atoms with E-state index in [0.717, 1.165) is 49.9 Å². The van der Waals surface area contributed by atoms with Gasteiger partial charge < -0.3 is 30.5 Å². The first-order valence-electron chi connectivity index (χ1n) is 14.5. The normalized spacial score (nSPS) is 26.3. The van der Waals surface area contributed by atoms with Gasteiger partial charge in [0.25, 0.3) is 0 Å². The van der Waals surface area contributed by atoms with Crippen molar-refractivity contribution >= 4 is 23.3 Å². The number of carbonyl (C=O) groups excluding carboxylic acids is 2. The van der Waals surface area contributed by atoms with Crippen molar-refractivity contribution in [2.24, 2.45) is 5.73 Å². The van der Waals surface area contributed by atoms with Gasteiger partial charge in [-0.15, -0.1) is 0 Å². The number of rotatable bonds is 6. The lowest BCUT2D eigenvalue weighted by atomic mass is 9.65. The third kappa shape index (κ3) is 4.62. The van der Waals surface area contributed by atoms with Gasteiger partial charge in [-0.05, 0) is 62.9 Å². The number of carbonyl (C=O) groups is 2. The summed E-state index contributed by atoms with van der Waals surface area (Å²) < 4.78 is 6.25. The van der Waals surface area contributed by atoms with Gasteiger partial charge >= 0.3 is 6.01 Å². The van der Waals surface area contributed by atoms with Crippen LogP contribution < -0.4 is 20.7 Å². The number of nitrogens with zero attached hydrogens (tertiary/aromatic N) is 5. The van der Waals surface area contributed by atoms with Gasteiger partial charge in [0.15, 0.2) is 5.82 Å². The molecule has 3 aliphatic heterocycles. The second kappa shape index (κ2) is 10.8. The monoisotopic (exact) mass is 545 g/mol. The highest BCUT2D eigenvalue weighted by atomic mass is 16.5. The van der Waals surface area contributed by atoms with Crippen molar-refractivity contribution in [2.45, 2.75) is 56.0 Å². The summed E-state index contributed by atoms with van der Waals surface area (Å²) in [6.45, 7) is 7.06. The Labute approximate surface area is 235 Å². The summed E-state index contributed by atoms with van der Waals surface area (Å²) in [6, 6.07) is 8.75. The van der Waals surface area contributed by atoms with Crippen molar-refractivity contribution in [1.29, 1.82) is 0 Å². The molecule has 212 valence electrons. The summed E-state index contributed by atoms with van der Waals surface area (Å²) in [5.41, 5.74) is 9.20. The maximum absolute atomic E-state index is 13.9. The van der Waals surface area contributed by atoms with Crippen molar-refractivity contribution in [3.05, 3.63) is 53.7 Å². The molecule has 10 nitrogen and oxygen atoms in total. The van der Waals surface area contributed by atoms with E-state index in [0.29, 0.717) is 62.8 Å². The molecular weight excluding hydrogens is 506 g/mol. The molecule has 4 aliphatic rings. The van der Waals surface area contributed by atoms with Crippen LogP contribution in [0.15, 0.2) is 36.9 Å². The first-order valence-corrected chi connectivity index (χ1v) is 14.5. The number of likely N-dealkylation sites (tertiary alicyclic amines) is 1. The summed E-state index contributed by atoms with van der Waals surface area (Å²) >= 11 is 0. The van der Waals surface area contributed by atoms with Crippen LogP contribution in [0.3, 0.4) is 0 Å². The largest absolute Gasteiger partial charge is 0.462 e. The molecule has 2 saturated heterocycles. The first kappa shape index (κ1) is 26.7. The molecule has 0 unspecified atom stereocenters. The Morgan fingerprint density at radius 2 is 2.08 bits per heavy atom. The number of likely N-dealkylation sites (N-methyl/N-ethyl adjacent to an activating group) is 1. The van der Waals surface area contributed by atoms with Crippen molar-refractivity contribution in [3.63, 3.8) is 0 Å². The smallest absolute Gasteiger partial charge is 0.318 e. The fourth-order valence-electron chi connectivity index (χ4n) is 6.98. The Hall–Kier alpha value is -3.50. The lowest BCUT2D eigenvalue weighted by molar-refractivity contribution is -0.128. The summed E-state index contributed by atoms with van der Waals surface area (Å²) in [5.74, 6) is 0.501. The molecule has 2 amide bonds. The van der Waals surface area contributed by atoms with E-state index in [1.54, 1.807) is 4.90 Å². The van der Waals surface area contributed by atoms with Gasteiger partial charge in [-0.2, -0.15) is 9.97 Å². The maximum Gasteiger partial charge on any atom is 0.318 e. The Balaban J connectivity index is 1.37. The number of aromatic nitrogens is 2. The molecule has 1 aromatic carbocycles. The van der Waals surface area contributed by atoms with Crippen molar-refractivity contribution in [1.82, 2.24) is 19.8 Å². The second-order valence-electron chi connectivity index (χ2n) is 11.5. The molecule has 2 aromatic rings. The van der Waals surface area contributed by atoms with Gasteiger partial charge in [0.1, 0.15) is 12.3 Å². The zero-order valence-corrected chi connectivity index (χ0v) is 23.3. The Morgan fingerprint density at radius 1 is 1.23 bits per heavy atom. The van der Waals surface area contributed by atoms with Crippen molar-refractivity contribution in [3.8, 4) is 6.01 Å². The molecule has 2 fully saturated rings. The van der Waals surface area contributed by atoms with E-state index in [-0.39, 0.29) is 17.9 Å². The summed E-state index contributed by atoms with van der Waals surface area (Å²) in [4.78, 5) is 42.3. The molecule has 3 atom stereocenters. The van der Waals surface area contributed by atoms with Crippen LogP contribution in [0.2, 0.25) is 0 Å². The number of piperazine rings is 1. The standard InChI is InChI=1S/C30H39N7O3/c1-3-25(38)37-15-14-36(18-22(37)17-31)27-26-24(32-29(34-27)40-19-21-10-7-13-35(21)2)16-30(28(39)33-26)12-6-9-20-8-4-5-11-23(20)30/h3-5,8,11,21-22H,1,6-7,9-10,12-19,31H2,2H3,(H,33,39)/t21-,22-,30+/m0/s1. The first-order chi connectivity index (χ1) is 19.4. The van der Waals surface area contributed by atoms with Crippen LogP contribution in [0.1, 0.15) is 42.5 Å². The van der Waals surface area contributed by atoms with E-state index >= 15 is 0 Å². The van der Waals surface area contributed by atoms with E-state index in [2.05, 4.69) is 40.9 Å². The van der Waals surface area contributed by atoms with Gasteiger partial charge in [-0.1, -0.05) is 30.8 Å². The fraction of sp³-hybridized carbons (Fsp3) is 0.533. The van der Waals surface area contributed by atoms with Gasteiger partial charge in [-0.3, -0.25) is 9.59 Å². The van der Waals surface area contributed by atoms with Crippen LogP contribution in [0.5, 0.6) is 6.01 Å². The number of hydrogen-bond donors (Lipinski definition) is 2. The molecule has 0 bridgehead atoms. The van der Waals surface area contributed by atoms with Crippen molar-refractivity contribution in [2.75, 3.05) is 56.6 Å². The zero-order valence-electron chi connectivity index (χ0n) is 23.3. The number of anilines is 2. The molecule has 10 heteroatoms. The van der Waals surface area contributed by atoms with Crippen LogP contribution in [0.4, 0.5) is 11.5 Å². The van der Waals surface area contributed by atoms with Crippen LogP contribution in [-0.2, 0) is 27.8 Å². The van der Waals surface area contributed by atoms with Crippen molar-refractivity contribution < 1.29 is 14.3 Å². The Morgan fingerprint density at radius 3 is 2.85 bits per heavy atom. The number of benzene rings is 1. The zero-order chi connectivity index (χ0) is 27.9. The van der Waals surface area contributed by atoms with E-state index in [1.807, 2.05) is 12.1 Å². The summed E-state index contributed by atoms with van der Waals surface area (Å²) in [7, 11) is 2.12. The number of nitrogens with one attached hydrogen (secondary N) is 1. The van der Waals surface area contributed by atoms with Gasteiger partial charge in [0.05, 0.1) is 17.2 Å². The van der Waals surface area contributed by atoms with Crippen LogP contribution in [0, 0.1) is 0 Å². The molecule has 40 heavy (non-hydrogen) atoms. The van der Waals surface area contributed by atoms with Gasteiger partial charge in [0.2, 0.25) is 11.8 Å². The average molecular weight is 546 g/mol. The third-order valence-electron chi connectivity index (χ3n) is 9.26. The molecule has 1 aromatic heterocycles. The predicted octanol–water partition coefficient (Wildman–Crippen LogP) is 1.88.